The molecule has 0 atom stereocenters. The van der Waals surface area contributed by atoms with Gasteiger partial charge in [-0.05, 0) is 48.5 Å². The lowest BCUT2D eigenvalue weighted by Gasteiger charge is -2.14. The molecular formula is C23H14F3NO6. The standard InChI is InChI=1S/C23H14F3NO6/c1-30-14-4-6-15(7-5-14)31-20-19(28)17-9-8-16(11-18(17)33-21(20)23(24,25)26)32-22(29)13-3-2-10-27-12-13/h2-12H,1H3. The van der Waals surface area contributed by atoms with Crippen LogP contribution < -0.4 is 19.6 Å². The van der Waals surface area contributed by atoms with Gasteiger partial charge in [0, 0.05) is 18.5 Å². The Bertz CT molecular complexity index is 1370. The van der Waals surface area contributed by atoms with Gasteiger partial charge < -0.3 is 18.6 Å². The first kappa shape index (κ1) is 21.9. The number of carbonyl (C=O) groups excluding carboxylic acids is 1. The number of hydrogen-bond donors (Lipinski definition) is 0. The van der Waals surface area contributed by atoms with Crippen molar-refractivity contribution in [3.63, 3.8) is 0 Å². The Morgan fingerprint density at radius 2 is 1.70 bits per heavy atom. The van der Waals surface area contributed by atoms with Crippen LogP contribution in [0.1, 0.15) is 16.1 Å². The summed E-state index contributed by atoms with van der Waals surface area (Å²) >= 11 is 0. The number of pyridine rings is 1. The molecule has 0 aliphatic heterocycles. The van der Waals surface area contributed by atoms with Crippen LogP contribution in [0.3, 0.4) is 0 Å². The number of carbonyl (C=O) groups is 1. The SMILES string of the molecule is COc1ccc(Oc2c(C(F)(F)F)oc3cc(OC(=O)c4cccnc4)ccc3c2=O)cc1. The molecule has 0 saturated heterocycles. The van der Waals surface area contributed by atoms with E-state index in [1.165, 1.54) is 68.0 Å². The maximum absolute atomic E-state index is 13.7. The van der Waals surface area contributed by atoms with Crippen molar-refractivity contribution >= 4 is 16.9 Å². The molecule has 0 N–H and O–H groups in total. The van der Waals surface area contributed by atoms with E-state index in [-0.39, 0.29) is 22.4 Å². The number of rotatable bonds is 5. The molecule has 0 unspecified atom stereocenters. The fourth-order valence-electron chi connectivity index (χ4n) is 2.91. The largest absolute Gasteiger partial charge is 0.497 e. The number of halogens is 3. The first-order valence-electron chi connectivity index (χ1n) is 9.38. The van der Waals surface area contributed by atoms with Gasteiger partial charge in [-0.25, -0.2) is 4.79 Å². The minimum Gasteiger partial charge on any atom is -0.497 e. The molecule has 0 aliphatic carbocycles. The van der Waals surface area contributed by atoms with Crippen molar-refractivity contribution < 1.29 is 36.6 Å². The molecule has 0 aliphatic rings. The number of nitrogens with zero attached hydrogens (tertiary/aromatic N) is 1. The predicted molar refractivity (Wildman–Crippen MR) is 110 cm³/mol. The zero-order valence-corrected chi connectivity index (χ0v) is 16.9. The van der Waals surface area contributed by atoms with Crippen LogP contribution in [-0.2, 0) is 6.18 Å². The van der Waals surface area contributed by atoms with E-state index >= 15 is 0 Å². The summed E-state index contributed by atoms with van der Waals surface area (Å²) in [4.78, 5) is 28.8. The molecule has 10 heteroatoms. The van der Waals surface area contributed by atoms with Crippen LogP contribution in [0.2, 0.25) is 0 Å². The number of fused-ring (bicyclic) bond motifs is 1. The van der Waals surface area contributed by atoms with Crippen LogP contribution in [0.5, 0.6) is 23.0 Å². The van der Waals surface area contributed by atoms with Crippen molar-refractivity contribution in [2.24, 2.45) is 0 Å². The summed E-state index contributed by atoms with van der Waals surface area (Å²) in [7, 11) is 1.43. The van der Waals surface area contributed by atoms with Crippen LogP contribution in [0.15, 0.2) is 76.2 Å². The lowest BCUT2D eigenvalue weighted by molar-refractivity contribution is -0.154. The highest BCUT2D eigenvalue weighted by molar-refractivity contribution is 5.91. The van der Waals surface area contributed by atoms with Crippen molar-refractivity contribution in [1.29, 1.82) is 0 Å². The summed E-state index contributed by atoms with van der Waals surface area (Å²) in [6.07, 6.45) is -2.29. The molecule has 2 aromatic heterocycles. The van der Waals surface area contributed by atoms with E-state index in [2.05, 4.69) is 4.98 Å². The molecule has 0 bridgehead atoms. The normalized spacial score (nSPS) is 11.3. The Morgan fingerprint density at radius 3 is 2.33 bits per heavy atom. The number of methoxy groups -OCH3 is 1. The van der Waals surface area contributed by atoms with Crippen LogP contribution >= 0.6 is 0 Å². The van der Waals surface area contributed by atoms with E-state index < -0.39 is 34.7 Å². The summed E-state index contributed by atoms with van der Waals surface area (Å²) in [5.74, 6) is -3.09. The molecular weight excluding hydrogens is 443 g/mol. The number of benzene rings is 2. The second kappa shape index (κ2) is 8.65. The second-order valence-electron chi connectivity index (χ2n) is 6.65. The quantitative estimate of drug-likeness (QED) is 0.300. The smallest absolute Gasteiger partial charge is 0.453 e. The zero-order valence-electron chi connectivity index (χ0n) is 16.9. The van der Waals surface area contributed by atoms with Gasteiger partial charge in [0.2, 0.25) is 11.2 Å². The molecule has 33 heavy (non-hydrogen) atoms. The number of esters is 1. The predicted octanol–water partition coefficient (Wildman–Crippen LogP) is 5.23. The van der Waals surface area contributed by atoms with E-state index in [0.29, 0.717) is 5.75 Å². The van der Waals surface area contributed by atoms with Gasteiger partial charge >= 0.3 is 12.1 Å². The molecule has 168 valence electrons. The fourth-order valence-corrected chi connectivity index (χ4v) is 2.91. The maximum atomic E-state index is 13.7. The molecule has 0 fully saturated rings. The molecule has 7 nitrogen and oxygen atoms in total. The van der Waals surface area contributed by atoms with Gasteiger partial charge in [-0.15, -0.1) is 0 Å². The summed E-state index contributed by atoms with van der Waals surface area (Å²) in [6, 6.07) is 12.1. The first-order chi connectivity index (χ1) is 15.8. The molecule has 0 amide bonds. The van der Waals surface area contributed by atoms with Gasteiger partial charge in [0.25, 0.3) is 5.76 Å². The molecule has 2 aromatic carbocycles. The van der Waals surface area contributed by atoms with Gasteiger partial charge in [0.1, 0.15) is 22.8 Å². The monoisotopic (exact) mass is 457 g/mol. The third kappa shape index (κ3) is 4.64. The summed E-state index contributed by atoms with van der Waals surface area (Å²) in [6.45, 7) is 0. The first-order valence-corrected chi connectivity index (χ1v) is 9.38. The van der Waals surface area contributed by atoms with Crippen LogP contribution in [-0.4, -0.2) is 18.1 Å². The topological polar surface area (TPSA) is 87.9 Å². The third-order valence-electron chi connectivity index (χ3n) is 4.47. The Hall–Kier alpha value is -4.34. The van der Waals surface area contributed by atoms with Crippen LogP contribution in [0.25, 0.3) is 11.0 Å². The zero-order chi connectivity index (χ0) is 23.6. The minimum absolute atomic E-state index is 0.0185. The van der Waals surface area contributed by atoms with Crippen molar-refractivity contribution in [3.05, 3.63) is 88.5 Å². The molecule has 4 rings (SSSR count). The Morgan fingerprint density at radius 1 is 1.00 bits per heavy atom. The van der Waals surface area contributed by atoms with Crippen molar-refractivity contribution in [3.8, 4) is 23.0 Å². The average molecular weight is 457 g/mol. The van der Waals surface area contributed by atoms with Crippen molar-refractivity contribution in [2.75, 3.05) is 7.11 Å². The van der Waals surface area contributed by atoms with E-state index in [9.17, 15) is 22.8 Å². The highest BCUT2D eigenvalue weighted by Gasteiger charge is 2.40. The van der Waals surface area contributed by atoms with E-state index in [1.54, 1.807) is 0 Å². The van der Waals surface area contributed by atoms with Crippen LogP contribution in [0, 0.1) is 0 Å². The molecule has 2 heterocycles. The minimum atomic E-state index is -5.03. The Kier molecular flexibility index (Phi) is 5.74. The number of aromatic nitrogens is 1. The van der Waals surface area contributed by atoms with Crippen LogP contribution in [0.4, 0.5) is 13.2 Å². The highest BCUT2D eigenvalue weighted by atomic mass is 19.4. The van der Waals surface area contributed by atoms with E-state index in [1.807, 2.05) is 0 Å². The number of alkyl halides is 3. The lowest BCUT2D eigenvalue weighted by atomic mass is 10.2. The van der Waals surface area contributed by atoms with E-state index in [4.69, 9.17) is 18.6 Å². The maximum Gasteiger partial charge on any atom is 0.453 e. The van der Waals surface area contributed by atoms with Gasteiger partial charge in [-0.3, -0.25) is 9.78 Å². The third-order valence-corrected chi connectivity index (χ3v) is 4.47. The second-order valence-corrected chi connectivity index (χ2v) is 6.65. The molecule has 0 radical (unpaired) electrons. The van der Waals surface area contributed by atoms with Crippen molar-refractivity contribution in [1.82, 2.24) is 4.98 Å². The summed E-state index contributed by atoms with van der Waals surface area (Å²) in [5, 5.41) is -0.187. The van der Waals surface area contributed by atoms with Gasteiger partial charge in [-0.2, -0.15) is 13.2 Å². The summed E-state index contributed by atoms with van der Waals surface area (Å²) in [5.41, 5.74) is -1.33. The Balaban J connectivity index is 1.74. The van der Waals surface area contributed by atoms with Gasteiger partial charge in [-0.1, -0.05) is 0 Å². The number of hydrogen-bond acceptors (Lipinski definition) is 7. The fraction of sp³-hybridized carbons (Fsp3) is 0.0870. The number of ether oxygens (including phenoxy) is 3. The molecule has 0 saturated carbocycles. The van der Waals surface area contributed by atoms with Crippen molar-refractivity contribution in [2.45, 2.75) is 6.18 Å². The van der Waals surface area contributed by atoms with E-state index in [0.717, 1.165) is 6.07 Å². The Labute approximate surface area is 184 Å². The van der Waals surface area contributed by atoms with Gasteiger partial charge in [0.15, 0.2) is 0 Å². The lowest BCUT2D eigenvalue weighted by Crippen LogP contribution is -2.15. The highest BCUT2D eigenvalue weighted by Crippen LogP contribution is 2.38. The molecule has 0 spiro atoms. The molecule has 4 aromatic rings. The average Bonchev–Trinajstić information content (AvgIpc) is 2.81. The summed E-state index contributed by atoms with van der Waals surface area (Å²) < 4.78 is 61.5. The van der Waals surface area contributed by atoms with Gasteiger partial charge in [0.05, 0.1) is 18.1 Å².